The molecule has 0 saturated carbocycles. The van der Waals surface area contributed by atoms with E-state index in [1.807, 2.05) is 23.9 Å². The Labute approximate surface area is 127 Å². The fourth-order valence-electron chi connectivity index (χ4n) is 2.26. The number of hydrogen-bond acceptors (Lipinski definition) is 4. The summed E-state index contributed by atoms with van der Waals surface area (Å²) in [5.74, 6) is 5.72. The third-order valence-electron chi connectivity index (χ3n) is 3.35. The predicted molar refractivity (Wildman–Crippen MR) is 83.1 cm³/mol. The first kappa shape index (κ1) is 15.2. The van der Waals surface area contributed by atoms with E-state index < -0.39 is 0 Å². The summed E-state index contributed by atoms with van der Waals surface area (Å²) in [6, 6.07) is 4.00. The Morgan fingerprint density at radius 2 is 2.20 bits per heavy atom. The molecule has 1 atom stereocenters. The lowest BCUT2D eigenvalue weighted by atomic mass is 10.1. The normalized spacial score (nSPS) is 12.7. The van der Waals surface area contributed by atoms with Crippen LogP contribution in [0.3, 0.4) is 0 Å². The number of aryl methyl sites for hydroxylation is 3. The largest absolute Gasteiger partial charge is 0.271 e. The Bertz CT molecular complexity index is 593. The van der Waals surface area contributed by atoms with Crippen molar-refractivity contribution in [2.75, 3.05) is 0 Å². The molecule has 0 fully saturated rings. The molecular weight excluding hydrogens is 318 g/mol. The molecule has 0 aliphatic carbocycles. The molecule has 0 aliphatic heterocycles. The van der Waals surface area contributed by atoms with E-state index in [0.29, 0.717) is 0 Å². The average molecular weight is 338 g/mol. The molecule has 0 spiro atoms. The van der Waals surface area contributed by atoms with Crippen molar-refractivity contribution in [3.05, 3.63) is 45.4 Å². The van der Waals surface area contributed by atoms with Gasteiger partial charge in [-0.25, -0.2) is 0 Å². The van der Waals surface area contributed by atoms with E-state index in [9.17, 15) is 0 Å². The fourth-order valence-corrected chi connectivity index (χ4v) is 2.70. The molecule has 2 heterocycles. The molecule has 108 valence electrons. The van der Waals surface area contributed by atoms with Crippen molar-refractivity contribution in [1.82, 2.24) is 20.2 Å². The summed E-state index contributed by atoms with van der Waals surface area (Å²) in [4.78, 5) is 4.41. The molecule has 20 heavy (non-hydrogen) atoms. The van der Waals surface area contributed by atoms with Gasteiger partial charge in [-0.2, -0.15) is 5.10 Å². The van der Waals surface area contributed by atoms with Gasteiger partial charge in [-0.3, -0.25) is 20.9 Å². The van der Waals surface area contributed by atoms with E-state index >= 15 is 0 Å². The van der Waals surface area contributed by atoms with Crippen molar-refractivity contribution in [1.29, 1.82) is 0 Å². The van der Waals surface area contributed by atoms with Gasteiger partial charge >= 0.3 is 0 Å². The number of nitrogens with one attached hydrogen (secondary N) is 1. The van der Waals surface area contributed by atoms with Gasteiger partial charge in [0.25, 0.3) is 0 Å². The second-order valence-electron chi connectivity index (χ2n) is 4.84. The molecule has 1 unspecified atom stereocenters. The van der Waals surface area contributed by atoms with Crippen LogP contribution >= 0.6 is 15.9 Å². The summed E-state index contributed by atoms with van der Waals surface area (Å²) in [5, 5.41) is 4.51. The van der Waals surface area contributed by atoms with Crippen molar-refractivity contribution >= 4 is 15.9 Å². The van der Waals surface area contributed by atoms with Crippen LogP contribution in [-0.4, -0.2) is 14.8 Å². The van der Waals surface area contributed by atoms with Gasteiger partial charge < -0.3 is 0 Å². The number of nitrogens with zero attached hydrogens (tertiary/aromatic N) is 3. The Balaban J connectivity index is 2.31. The topological polar surface area (TPSA) is 68.8 Å². The first-order valence-electron chi connectivity index (χ1n) is 6.67. The van der Waals surface area contributed by atoms with Crippen LogP contribution in [-0.2, 0) is 13.0 Å². The quantitative estimate of drug-likeness (QED) is 0.649. The highest BCUT2D eigenvalue weighted by Gasteiger charge is 2.19. The maximum Gasteiger partial charge on any atom is 0.0738 e. The van der Waals surface area contributed by atoms with Crippen LogP contribution in [0.4, 0.5) is 0 Å². The second kappa shape index (κ2) is 6.47. The Morgan fingerprint density at radius 1 is 1.45 bits per heavy atom. The predicted octanol–water partition coefficient (Wildman–Crippen LogP) is 2.42. The monoisotopic (exact) mass is 337 g/mol. The van der Waals surface area contributed by atoms with E-state index in [0.717, 1.165) is 34.5 Å². The lowest BCUT2D eigenvalue weighted by Gasteiger charge is -2.17. The van der Waals surface area contributed by atoms with E-state index in [2.05, 4.69) is 51.4 Å². The highest BCUT2D eigenvalue weighted by molar-refractivity contribution is 9.10. The van der Waals surface area contributed by atoms with Crippen LogP contribution < -0.4 is 11.3 Å². The zero-order valence-electron chi connectivity index (χ0n) is 12.0. The molecule has 2 aromatic heterocycles. The molecule has 0 saturated heterocycles. The molecule has 0 aliphatic rings. The SMILES string of the molecule is CCn1nc(C)c(Br)c1CC(NN)c1cc(C)ccn1. The summed E-state index contributed by atoms with van der Waals surface area (Å²) in [5.41, 5.74) is 7.11. The van der Waals surface area contributed by atoms with Crippen molar-refractivity contribution < 1.29 is 0 Å². The van der Waals surface area contributed by atoms with Crippen LogP contribution in [0.2, 0.25) is 0 Å². The van der Waals surface area contributed by atoms with Gasteiger partial charge in [0.1, 0.15) is 0 Å². The van der Waals surface area contributed by atoms with Gasteiger partial charge in [-0.1, -0.05) is 0 Å². The van der Waals surface area contributed by atoms with Crippen LogP contribution in [0, 0.1) is 13.8 Å². The fraction of sp³-hybridized carbons (Fsp3) is 0.429. The van der Waals surface area contributed by atoms with Crippen LogP contribution in [0.1, 0.15) is 35.6 Å². The van der Waals surface area contributed by atoms with E-state index in [4.69, 9.17) is 5.84 Å². The van der Waals surface area contributed by atoms with Gasteiger partial charge in [-0.05, 0) is 54.4 Å². The zero-order valence-corrected chi connectivity index (χ0v) is 13.6. The third-order valence-corrected chi connectivity index (χ3v) is 4.38. The number of hydrogen-bond donors (Lipinski definition) is 2. The van der Waals surface area contributed by atoms with Crippen molar-refractivity contribution in [3.63, 3.8) is 0 Å². The molecule has 5 nitrogen and oxygen atoms in total. The summed E-state index contributed by atoms with van der Waals surface area (Å²) < 4.78 is 3.05. The highest BCUT2D eigenvalue weighted by Crippen LogP contribution is 2.26. The number of pyridine rings is 1. The minimum absolute atomic E-state index is 0.0346. The van der Waals surface area contributed by atoms with Gasteiger partial charge in [0.15, 0.2) is 0 Å². The molecular formula is C14H20BrN5. The smallest absolute Gasteiger partial charge is 0.0738 e. The number of rotatable bonds is 5. The standard InChI is InChI=1S/C14H20BrN5/c1-4-20-13(14(15)10(3)19-20)8-12(18-16)11-7-9(2)5-6-17-11/h5-7,12,18H,4,8,16H2,1-3H3. The molecule has 2 aromatic rings. The second-order valence-corrected chi connectivity index (χ2v) is 5.64. The lowest BCUT2D eigenvalue weighted by Crippen LogP contribution is -2.31. The van der Waals surface area contributed by atoms with E-state index in [1.165, 1.54) is 5.56 Å². The molecule has 3 N–H and O–H groups in total. The van der Waals surface area contributed by atoms with Crippen LogP contribution in [0.15, 0.2) is 22.8 Å². The number of hydrazine groups is 1. The summed E-state index contributed by atoms with van der Waals surface area (Å²) >= 11 is 3.61. The summed E-state index contributed by atoms with van der Waals surface area (Å²) in [7, 11) is 0. The van der Waals surface area contributed by atoms with Gasteiger partial charge in [0.2, 0.25) is 0 Å². The number of halogens is 1. The van der Waals surface area contributed by atoms with Gasteiger partial charge in [-0.15, -0.1) is 0 Å². The minimum Gasteiger partial charge on any atom is -0.271 e. The Kier molecular flexibility index (Phi) is 4.91. The number of nitrogens with two attached hydrogens (primary N) is 1. The van der Waals surface area contributed by atoms with Crippen LogP contribution in [0.25, 0.3) is 0 Å². The van der Waals surface area contributed by atoms with Crippen molar-refractivity contribution in [3.8, 4) is 0 Å². The first-order chi connectivity index (χ1) is 9.56. The molecule has 0 radical (unpaired) electrons. The molecule has 0 aromatic carbocycles. The first-order valence-corrected chi connectivity index (χ1v) is 7.46. The molecule has 0 amide bonds. The zero-order chi connectivity index (χ0) is 14.7. The van der Waals surface area contributed by atoms with Gasteiger partial charge in [0, 0.05) is 19.2 Å². The third kappa shape index (κ3) is 3.08. The van der Waals surface area contributed by atoms with E-state index in [-0.39, 0.29) is 6.04 Å². The van der Waals surface area contributed by atoms with E-state index in [1.54, 1.807) is 0 Å². The maximum absolute atomic E-state index is 5.72. The minimum atomic E-state index is -0.0346. The highest BCUT2D eigenvalue weighted by atomic mass is 79.9. The van der Waals surface area contributed by atoms with Crippen molar-refractivity contribution in [2.45, 2.75) is 39.8 Å². The summed E-state index contributed by atoms with van der Waals surface area (Å²) in [6.07, 6.45) is 2.55. The summed E-state index contributed by atoms with van der Waals surface area (Å²) in [6.45, 7) is 6.96. The molecule has 6 heteroatoms. The lowest BCUT2D eigenvalue weighted by molar-refractivity contribution is 0.506. The molecule has 0 bridgehead atoms. The Morgan fingerprint density at radius 3 is 2.80 bits per heavy atom. The average Bonchev–Trinajstić information content (AvgIpc) is 2.71. The van der Waals surface area contributed by atoms with Crippen molar-refractivity contribution in [2.24, 2.45) is 5.84 Å². The Hall–Kier alpha value is -1.24. The number of aromatic nitrogens is 3. The van der Waals surface area contributed by atoms with Gasteiger partial charge in [0.05, 0.1) is 27.6 Å². The van der Waals surface area contributed by atoms with Crippen LogP contribution in [0.5, 0.6) is 0 Å². The molecule has 2 rings (SSSR count). The maximum atomic E-state index is 5.72.